The summed E-state index contributed by atoms with van der Waals surface area (Å²) in [5.74, 6) is -0.121. The molecule has 30 heavy (non-hydrogen) atoms. The third kappa shape index (κ3) is 5.20. The van der Waals surface area contributed by atoms with Crippen LogP contribution in [-0.2, 0) is 24.0 Å². The van der Waals surface area contributed by atoms with Crippen LogP contribution in [0.1, 0.15) is 29.7 Å². The molecule has 0 fully saturated rings. The predicted octanol–water partition coefficient (Wildman–Crippen LogP) is 5.25. The smallest absolute Gasteiger partial charge is 0.433 e. The zero-order valence-corrected chi connectivity index (χ0v) is 16.2. The lowest BCUT2D eigenvalue weighted by Gasteiger charge is -2.13. The molecule has 3 aromatic rings. The van der Waals surface area contributed by atoms with Crippen molar-refractivity contribution >= 4 is 16.9 Å². The number of aliphatic carboxylic acids is 1. The van der Waals surface area contributed by atoms with E-state index in [0.29, 0.717) is 24.0 Å². The number of rotatable bonds is 8. The summed E-state index contributed by atoms with van der Waals surface area (Å²) < 4.78 is 50.1. The van der Waals surface area contributed by atoms with Crippen LogP contribution in [0.4, 0.5) is 13.2 Å². The maximum Gasteiger partial charge on any atom is 0.433 e. The topological polar surface area (TPSA) is 68.7 Å². The molecule has 158 valence electrons. The maximum atomic E-state index is 13.0. The van der Waals surface area contributed by atoms with Crippen molar-refractivity contribution in [2.75, 3.05) is 7.11 Å². The zero-order chi connectivity index (χ0) is 21.7. The molecule has 1 aromatic heterocycles. The first-order valence-electron chi connectivity index (χ1n) is 9.25. The molecule has 5 nitrogen and oxygen atoms in total. The molecule has 0 atom stereocenters. The van der Waals surface area contributed by atoms with Gasteiger partial charge in [-0.2, -0.15) is 13.2 Å². The number of pyridine rings is 1. The van der Waals surface area contributed by atoms with E-state index < -0.39 is 17.8 Å². The number of carboxylic acids is 1. The highest BCUT2D eigenvalue weighted by Gasteiger charge is 2.33. The Morgan fingerprint density at radius 3 is 2.57 bits per heavy atom. The van der Waals surface area contributed by atoms with Crippen LogP contribution in [0, 0.1) is 0 Å². The van der Waals surface area contributed by atoms with Gasteiger partial charge in [-0.25, -0.2) is 4.98 Å². The van der Waals surface area contributed by atoms with Gasteiger partial charge in [-0.3, -0.25) is 4.79 Å². The molecule has 0 aliphatic carbocycles. The molecule has 1 heterocycles. The van der Waals surface area contributed by atoms with E-state index in [1.807, 2.05) is 18.2 Å². The Hall–Kier alpha value is -3.29. The standard InChI is InChI=1S/C22H20F3NO4/c1-29-19-12-20(22(23,24)25)26-17-10-9-14(11-16(17)19)13-30-18-7-3-2-5-15(18)6-4-8-21(27)28/h2-3,5,7,9-12H,4,6,8,13H2,1H3,(H,27,28). The van der Waals surface area contributed by atoms with Gasteiger partial charge in [0.15, 0.2) is 0 Å². The molecule has 8 heteroatoms. The van der Waals surface area contributed by atoms with E-state index >= 15 is 0 Å². The molecular weight excluding hydrogens is 399 g/mol. The van der Waals surface area contributed by atoms with Crippen LogP contribution in [0.5, 0.6) is 11.5 Å². The maximum absolute atomic E-state index is 13.0. The van der Waals surface area contributed by atoms with Gasteiger partial charge >= 0.3 is 12.1 Å². The number of aromatic nitrogens is 1. The van der Waals surface area contributed by atoms with Crippen LogP contribution in [0.3, 0.4) is 0 Å². The van der Waals surface area contributed by atoms with Crippen molar-refractivity contribution in [2.45, 2.75) is 32.0 Å². The quantitative estimate of drug-likeness (QED) is 0.540. The van der Waals surface area contributed by atoms with Gasteiger partial charge in [0.1, 0.15) is 23.8 Å². The SMILES string of the molecule is COc1cc(C(F)(F)F)nc2ccc(COc3ccccc3CCCC(=O)O)cc12. The summed E-state index contributed by atoms with van der Waals surface area (Å²) in [6.45, 7) is 0.191. The number of ether oxygens (including phenoxy) is 2. The lowest BCUT2D eigenvalue weighted by molar-refractivity contribution is -0.141. The molecule has 0 spiro atoms. The lowest BCUT2D eigenvalue weighted by atomic mass is 10.1. The second-order valence-corrected chi connectivity index (χ2v) is 6.70. The summed E-state index contributed by atoms with van der Waals surface area (Å²) in [6.07, 6.45) is -3.42. The summed E-state index contributed by atoms with van der Waals surface area (Å²) in [5.41, 5.74) is 0.807. The van der Waals surface area contributed by atoms with Crippen molar-refractivity contribution in [3.8, 4) is 11.5 Å². The van der Waals surface area contributed by atoms with E-state index in [2.05, 4.69) is 4.98 Å². The van der Waals surface area contributed by atoms with Crippen LogP contribution in [0.15, 0.2) is 48.5 Å². The van der Waals surface area contributed by atoms with E-state index in [1.165, 1.54) is 13.2 Å². The molecule has 1 N–H and O–H groups in total. The number of hydrogen-bond acceptors (Lipinski definition) is 4. The summed E-state index contributed by atoms with van der Waals surface area (Å²) >= 11 is 0. The first kappa shape index (κ1) is 21.4. The van der Waals surface area contributed by atoms with E-state index in [0.717, 1.165) is 17.2 Å². The van der Waals surface area contributed by atoms with Crippen molar-refractivity contribution in [1.29, 1.82) is 0 Å². The fourth-order valence-electron chi connectivity index (χ4n) is 3.09. The number of alkyl halides is 3. The van der Waals surface area contributed by atoms with Crippen LogP contribution in [0.2, 0.25) is 0 Å². The number of benzene rings is 2. The van der Waals surface area contributed by atoms with Crippen molar-refractivity contribution in [2.24, 2.45) is 0 Å². The number of fused-ring (bicyclic) bond motifs is 1. The Bertz CT molecular complexity index is 1050. The molecule has 0 unspecified atom stereocenters. The van der Waals surface area contributed by atoms with E-state index in [-0.39, 0.29) is 24.3 Å². The Kier molecular flexibility index (Phi) is 6.44. The number of aryl methyl sites for hydroxylation is 1. The van der Waals surface area contributed by atoms with E-state index in [9.17, 15) is 18.0 Å². The van der Waals surface area contributed by atoms with Crippen molar-refractivity contribution in [3.05, 3.63) is 65.4 Å². The Morgan fingerprint density at radius 2 is 1.87 bits per heavy atom. The minimum atomic E-state index is -4.56. The van der Waals surface area contributed by atoms with Crippen LogP contribution in [0.25, 0.3) is 10.9 Å². The molecule has 2 aromatic carbocycles. The highest BCUT2D eigenvalue weighted by Crippen LogP contribution is 2.34. The predicted molar refractivity (Wildman–Crippen MR) is 105 cm³/mol. The summed E-state index contributed by atoms with van der Waals surface area (Å²) in [7, 11) is 1.31. The van der Waals surface area contributed by atoms with Crippen molar-refractivity contribution in [3.63, 3.8) is 0 Å². The number of methoxy groups -OCH3 is 1. The number of hydrogen-bond donors (Lipinski definition) is 1. The minimum Gasteiger partial charge on any atom is -0.496 e. The van der Waals surface area contributed by atoms with Gasteiger partial charge in [-0.1, -0.05) is 24.3 Å². The van der Waals surface area contributed by atoms with Crippen LogP contribution < -0.4 is 9.47 Å². The van der Waals surface area contributed by atoms with Gasteiger partial charge in [0, 0.05) is 17.9 Å². The second-order valence-electron chi connectivity index (χ2n) is 6.70. The minimum absolute atomic E-state index is 0.0751. The van der Waals surface area contributed by atoms with Crippen molar-refractivity contribution in [1.82, 2.24) is 4.98 Å². The molecule has 0 amide bonds. The highest BCUT2D eigenvalue weighted by atomic mass is 19.4. The second kappa shape index (κ2) is 9.02. The van der Waals surface area contributed by atoms with Gasteiger partial charge in [-0.05, 0) is 42.2 Å². The van der Waals surface area contributed by atoms with Gasteiger partial charge in [0.05, 0.1) is 12.6 Å². The Balaban J connectivity index is 1.80. The Morgan fingerprint density at radius 1 is 1.10 bits per heavy atom. The molecule has 0 saturated heterocycles. The molecule has 0 aliphatic heterocycles. The van der Waals surface area contributed by atoms with E-state index in [1.54, 1.807) is 18.2 Å². The number of carbonyl (C=O) groups is 1. The van der Waals surface area contributed by atoms with Gasteiger partial charge in [0.2, 0.25) is 0 Å². The first-order valence-corrected chi connectivity index (χ1v) is 9.25. The zero-order valence-electron chi connectivity index (χ0n) is 16.2. The highest BCUT2D eigenvalue weighted by molar-refractivity contribution is 5.86. The first-order chi connectivity index (χ1) is 14.3. The summed E-state index contributed by atoms with van der Waals surface area (Å²) in [4.78, 5) is 14.4. The number of carboxylic acid groups (broad SMARTS) is 1. The van der Waals surface area contributed by atoms with Gasteiger partial charge < -0.3 is 14.6 Å². The van der Waals surface area contributed by atoms with E-state index in [4.69, 9.17) is 14.6 Å². The average Bonchev–Trinajstić information content (AvgIpc) is 2.71. The monoisotopic (exact) mass is 419 g/mol. The van der Waals surface area contributed by atoms with Gasteiger partial charge in [-0.15, -0.1) is 0 Å². The molecule has 0 radical (unpaired) electrons. The third-order valence-corrected chi connectivity index (χ3v) is 4.55. The number of para-hydroxylation sites is 1. The molecule has 3 rings (SSSR count). The van der Waals surface area contributed by atoms with Crippen LogP contribution >= 0.6 is 0 Å². The van der Waals surface area contributed by atoms with Crippen molar-refractivity contribution < 1.29 is 32.5 Å². The van der Waals surface area contributed by atoms with Gasteiger partial charge in [0.25, 0.3) is 0 Å². The van der Waals surface area contributed by atoms with Crippen LogP contribution in [-0.4, -0.2) is 23.2 Å². The fraction of sp³-hybridized carbons (Fsp3) is 0.273. The normalized spacial score (nSPS) is 11.5. The fourth-order valence-corrected chi connectivity index (χ4v) is 3.09. The third-order valence-electron chi connectivity index (χ3n) is 4.55. The number of nitrogens with zero attached hydrogens (tertiary/aromatic N) is 1. The number of halogens is 3. The molecule has 0 aliphatic rings. The largest absolute Gasteiger partial charge is 0.496 e. The molecule has 0 saturated carbocycles. The average molecular weight is 419 g/mol. The Labute approximate surface area is 171 Å². The summed E-state index contributed by atoms with van der Waals surface area (Å²) in [5, 5.41) is 9.25. The molecule has 0 bridgehead atoms. The molecular formula is C22H20F3NO4. The summed E-state index contributed by atoms with van der Waals surface area (Å²) in [6, 6.07) is 13.1. The lowest BCUT2D eigenvalue weighted by Crippen LogP contribution is -2.08.